The fourth-order valence-corrected chi connectivity index (χ4v) is 1.26. The van der Waals surface area contributed by atoms with Gasteiger partial charge in [0.25, 0.3) is 0 Å². The first-order valence-corrected chi connectivity index (χ1v) is 4.96. The summed E-state index contributed by atoms with van der Waals surface area (Å²) in [5, 5.41) is 12.2. The molecule has 0 saturated heterocycles. The van der Waals surface area contributed by atoms with E-state index in [2.05, 4.69) is 31.0 Å². The second-order valence-corrected chi connectivity index (χ2v) is 3.49. The van der Waals surface area contributed by atoms with E-state index in [-0.39, 0.29) is 6.61 Å². The third-order valence-corrected chi connectivity index (χ3v) is 2.08. The molecule has 0 aromatic heterocycles. The van der Waals surface area contributed by atoms with Crippen LogP contribution in [0.3, 0.4) is 0 Å². The molecule has 0 aliphatic carbocycles. The lowest BCUT2D eigenvalue weighted by atomic mass is 10.0. The van der Waals surface area contributed by atoms with Crippen molar-refractivity contribution >= 4 is 0 Å². The van der Waals surface area contributed by atoms with Crippen LogP contribution in [0, 0.1) is 17.8 Å². The molecule has 0 aromatic rings. The number of hydrogen-bond donors (Lipinski definition) is 2. The van der Waals surface area contributed by atoms with Crippen molar-refractivity contribution in [2.45, 2.75) is 39.7 Å². The van der Waals surface area contributed by atoms with Gasteiger partial charge >= 0.3 is 0 Å². The van der Waals surface area contributed by atoms with E-state index < -0.39 is 0 Å². The molecule has 0 spiro atoms. The predicted octanol–water partition coefficient (Wildman–Crippen LogP) is 1.40. The first-order chi connectivity index (χ1) is 6.22. The van der Waals surface area contributed by atoms with Crippen molar-refractivity contribution in [3.63, 3.8) is 0 Å². The zero-order valence-corrected chi connectivity index (χ0v) is 8.93. The topological polar surface area (TPSA) is 32.3 Å². The molecule has 0 radical (unpaired) electrons. The van der Waals surface area contributed by atoms with Crippen molar-refractivity contribution < 1.29 is 5.11 Å². The summed E-state index contributed by atoms with van der Waals surface area (Å²) in [6, 6.07) is 0.420. The molecule has 2 N–H and O–H groups in total. The van der Waals surface area contributed by atoms with E-state index in [1.165, 1.54) is 0 Å². The van der Waals surface area contributed by atoms with Gasteiger partial charge in [0.05, 0.1) is 0 Å². The molecule has 0 saturated carbocycles. The van der Waals surface area contributed by atoms with Gasteiger partial charge in [0.2, 0.25) is 0 Å². The average Bonchev–Trinajstić information content (AvgIpc) is 2.10. The minimum atomic E-state index is 0.259. The monoisotopic (exact) mass is 183 g/mol. The molecule has 0 heterocycles. The van der Waals surface area contributed by atoms with Crippen LogP contribution in [-0.2, 0) is 0 Å². The molecular formula is C11H21NO. The Hall–Kier alpha value is -0.520. The smallest absolute Gasteiger partial charge is 0.0445 e. The summed E-state index contributed by atoms with van der Waals surface area (Å²) >= 11 is 0. The maximum atomic E-state index is 8.82. The normalized spacial score (nSPS) is 12.4. The zero-order valence-electron chi connectivity index (χ0n) is 8.93. The number of aliphatic hydroxyl groups is 1. The third kappa shape index (κ3) is 6.62. The standard InChI is InChI=1S/C11H21NO/c1-4-5-6-8-12-11(7-9-13)10(2)3/h10-13H,6-9H2,1-3H3. The highest BCUT2D eigenvalue weighted by Crippen LogP contribution is 2.04. The summed E-state index contributed by atoms with van der Waals surface area (Å²) < 4.78 is 0. The van der Waals surface area contributed by atoms with E-state index in [9.17, 15) is 0 Å². The maximum absolute atomic E-state index is 8.82. The number of nitrogens with one attached hydrogen (secondary N) is 1. The molecule has 0 aromatic carbocycles. The quantitative estimate of drug-likeness (QED) is 0.482. The average molecular weight is 183 g/mol. The van der Waals surface area contributed by atoms with Gasteiger partial charge in [-0.3, -0.25) is 0 Å². The molecular weight excluding hydrogens is 162 g/mol. The molecule has 0 aliphatic heterocycles. The van der Waals surface area contributed by atoms with Crippen LogP contribution in [0.15, 0.2) is 0 Å². The first-order valence-electron chi connectivity index (χ1n) is 4.96. The van der Waals surface area contributed by atoms with Crippen LogP contribution < -0.4 is 5.32 Å². The molecule has 1 atom stereocenters. The summed E-state index contributed by atoms with van der Waals surface area (Å²) in [6.45, 7) is 7.37. The van der Waals surface area contributed by atoms with Gasteiger partial charge in [0.1, 0.15) is 0 Å². The molecule has 0 aliphatic rings. The highest BCUT2D eigenvalue weighted by Gasteiger charge is 2.10. The third-order valence-electron chi connectivity index (χ3n) is 2.08. The summed E-state index contributed by atoms with van der Waals surface area (Å²) in [5.41, 5.74) is 0. The van der Waals surface area contributed by atoms with Gasteiger partial charge in [-0.15, -0.1) is 11.8 Å². The fraction of sp³-hybridized carbons (Fsp3) is 0.818. The number of hydrogen-bond acceptors (Lipinski definition) is 2. The van der Waals surface area contributed by atoms with Gasteiger partial charge in [-0.25, -0.2) is 0 Å². The van der Waals surface area contributed by atoms with Crippen molar-refractivity contribution in [1.82, 2.24) is 5.32 Å². The Bertz CT molecular complexity index is 167. The van der Waals surface area contributed by atoms with Gasteiger partial charge in [-0.2, -0.15) is 0 Å². The second kappa shape index (κ2) is 8.10. The van der Waals surface area contributed by atoms with E-state index in [1.54, 1.807) is 0 Å². The Labute approximate surface area is 81.7 Å². The van der Waals surface area contributed by atoms with Crippen molar-refractivity contribution in [3.05, 3.63) is 0 Å². The summed E-state index contributed by atoms with van der Waals surface area (Å²) in [4.78, 5) is 0. The van der Waals surface area contributed by atoms with Crippen molar-refractivity contribution in [1.29, 1.82) is 0 Å². The zero-order chi connectivity index (χ0) is 10.1. The summed E-state index contributed by atoms with van der Waals surface area (Å²) in [6.07, 6.45) is 1.72. The van der Waals surface area contributed by atoms with Gasteiger partial charge in [0.15, 0.2) is 0 Å². The Morgan fingerprint density at radius 3 is 2.54 bits per heavy atom. The van der Waals surface area contributed by atoms with Gasteiger partial charge in [-0.1, -0.05) is 13.8 Å². The predicted molar refractivity (Wildman–Crippen MR) is 56.4 cm³/mol. The lowest BCUT2D eigenvalue weighted by Crippen LogP contribution is -2.35. The summed E-state index contributed by atoms with van der Waals surface area (Å²) in [5.74, 6) is 6.44. The van der Waals surface area contributed by atoms with Crippen LogP contribution in [0.5, 0.6) is 0 Å². The molecule has 1 unspecified atom stereocenters. The van der Waals surface area contributed by atoms with Crippen molar-refractivity contribution in [3.8, 4) is 11.8 Å². The molecule has 0 bridgehead atoms. The molecule has 0 rings (SSSR count). The molecule has 13 heavy (non-hydrogen) atoms. The van der Waals surface area contributed by atoms with Crippen molar-refractivity contribution in [2.24, 2.45) is 5.92 Å². The van der Waals surface area contributed by atoms with Gasteiger partial charge in [-0.05, 0) is 19.3 Å². The highest BCUT2D eigenvalue weighted by atomic mass is 16.3. The lowest BCUT2D eigenvalue weighted by molar-refractivity contribution is 0.245. The second-order valence-electron chi connectivity index (χ2n) is 3.49. The lowest BCUT2D eigenvalue weighted by Gasteiger charge is -2.20. The summed E-state index contributed by atoms with van der Waals surface area (Å²) in [7, 11) is 0. The minimum Gasteiger partial charge on any atom is -0.396 e. The van der Waals surface area contributed by atoms with E-state index in [1.807, 2.05) is 6.92 Å². The minimum absolute atomic E-state index is 0.259. The fourth-order valence-electron chi connectivity index (χ4n) is 1.26. The van der Waals surface area contributed by atoms with Gasteiger partial charge in [0, 0.05) is 25.6 Å². The van der Waals surface area contributed by atoms with Crippen LogP contribution in [-0.4, -0.2) is 24.3 Å². The van der Waals surface area contributed by atoms with Crippen molar-refractivity contribution in [2.75, 3.05) is 13.2 Å². The first kappa shape index (κ1) is 12.5. The van der Waals surface area contributed by atoms with Crippen LogP contribution >= 0.6 is 0 Å². The number of aliphatic hydroxyl groups excluding tert-OH is 1. The van der Waals surface area contributed by atoms with E-state index in [0.29, 0.717) is 12.0 Å². The highest BCUT2D eigenvalue weighted by molar-refractivity contribution is 4.95. The Morgan fingerprint density at radius 1 is 1.38 bits per heavy atom. The van der Waals surface area contributed by atoms with E-state index in [0.717, 1.165) is 19.4 Å². The molecule has 76 valence electrons. The largest absolute Gasteiger partial charge is 0.396 e. The Morgan fingerprint density at radius 2 is 2.08 bits per heavy atom. The van der Waals surface area contributed by atoms with Crippen LogP contribution in [0.4, 0.5) is 0 Å². The van der Waals surface area contributed by atoms with Crippen LogP contribution in [0.25, 0.3) is 0 Å². The Kier molecular flexibility index (Phi) is 7.77. The maximum Gasteiger partial charge on any atom is 0.0445 e. The SMILES string of the molecule is CC#CCCNC(CCO)C(C)C. The van der Waals surface area contributed by atoms with Crippen LogP contribution in [0.1, 0.15) is 33.6 Å². The molecule has 2 heteroatoms. The van der Waals surface area contributed by atoms with Gasteiger partial charge < -0.3 is 10.4 Å². The van der Waals surface area contributed by atoms with E-state index >= 15 is 0 Å². The number of rotatable bonds is 6. The van der Waals surface area contributed by atoms with E-state index in [4.69, 9.17) is 5.11 Å². The van der Waals surface area contributed by atoms with Crippen LogP contribution in [0.2, 0.25) is 0 Å². The molecule has 0 fully saturated rings. The Balaban J connectivity index is 3.60. The molecule has 0 amide bonds. The molecule has 2 nitrogen and oxygen atoms in total.